The summed E-state index contributed by atoms with van der Waals surface area (Å²) < 4.78 is 0. The molecule has 4 heteroatoms. The van der Waals surface area contributed by atoms with Gasteiger partial charge in [0.25, 0.3) is 0 Å². The zero-order valence-corrected chi connectivity index (χ0v) is 69.3. The van der Waals surface area contributed by atoms with E-state index in [1.165, 1.54) is 0 Å². The Hall–Kier alpha value is -0.0551. The van der Waals surface area contributed by atoms with Crippen LogP contribution in [0.1, 0.15) is 392 Å². The van der Waals surface area contributed by atoms with Gasteiger partial charge in [0, 0.05) is 54.4 Å². The first-order chi connectivity index (χ1) is 53.1. The van der Waals surface area contributed by atoms with Crippen molar-refractivity contribution >= 4 is 6.71 Å². The Morgan fingerprint density at radius 3 is 0.804 bits per heavy atom. The molecule has 3 nitrogen and oxygen atoms in total. The third-order valence-corrected chi connectivity index (χ3v) is 45.5. The molecular weight excluding hydrogens is 1290 g/mol. The summed E-state index contributed by atoms with van der Waals surface area (Å²) in [5.74, 6) is 35.2. The summed E-state index contributed by atoms with van der Waals surface area (Å²) in [6, 6.07) is 7.98. The van der Waals surface area contributed by atoms with Gasteiger partial charge >= 0.3 is 0 Å². The molecule has 0 aromatic heterocycles. The Labute approximate surface area is 658 Å². The second kappa shape index (κ2) is 29.5. The van der Waals surface area contributed by atoms with Gasteiger partial charge < -0.3 is 0 Å². The number of hydrogen-bond donors (Lipinski definition) is 0. The molecule has 4 heterocycles. The van der Waals surface area contributed by atoms with Crippen LogP contribution >= 0.6 is 0 Å². The summed E-state index contributed by atoms with van der Waals surface area (Å²) in [5.41, 5.74) is 0. The summed E-state index contributed by atoms with van der Waals surface area (Å²) in [4.78, 5) is 11.8. The van der Waals surface area contributed by atoms with Gasteiger partial charge in [0.15, 0.2) is 6.71 Å². The summed E-state index contributed by atoms with van der Waals surface area (Å²) in [6.07, 6.45) is 98.8. The van der Waals surface area contributed by atoms with Crippen molar-refractivity contribution in [3.8, 4) is 0 Å². The van der Waals surface area contributed by atoms with Crippen LogP contribution in [0.2, 0.25) is 17.5 Å². The summed E-state index contributed by atoms with van der Waals surface area (Å²) in [5, 5.41) is 0. The second-order valence-electron chi connectivity index (χ2n) is 48.2. The molecule has 0 N–H and O–H groups in total. The van der Waals surface area contributed by atoms with Gasteiger partial charge in [-0.15, -0.1) is 0 Å². The van der Waals surface area contributed by atoms with E-state index in [0.717, 1.165) is 256 Å². The molecule has 34 atom stereocenters. The maximum absolute atomic E-state index is 4.06. The van der Waals surface area contributed by atoms with Crippen LogP contribution in [0, 0.1) is 178 Å². The van der Waals surface area contributed by atoms with Crippen molar-refractivity contribution in [2.45, 2.75) is 463 Å². The van der Waals surface area contributed by atoms with Crippen molar-refractivity contribution in [3.63, 3.8) is 0 Å². The minimum Gasteiger partial charge on any atom is -0.295 e. The molecule has 0 aromatic rings. The maximum atomic E-state index is 4.06. The van der Waals surface area contributed by atoms with Gasteiger partial charge in [0.1, 0.15) is 0 Å². The first-order valence-corrected chi connectivity index (χ1v) is 52.4. The van der Waals surface area contributed by atoms with Crippen molar-refractivity contribution in [1.82, 2.24) is 14.7 Å². The van der Waals surface area contributed by atoms with Gasteiger partial charge in [-0.2, -0.15) is 0 Å². The average Bonchev–Trinajstić information content (AvgIpc) is 0.684. The van der Waals surface area contributed by atoms with Gasteiger partial charge in [-0.3, -0.25) is 14.7 Å². The standard InChI is InChI=1S/C103H164BN3/c1-5-21-64(22-6-1)77-33-17-34-78(65-23-7-2-8-24-65)102(77)106-93-58-70(75-47-49-89-85-39-15-31-68-29-13-37-83(97(68)85)87-43-19-41-81(75)99(87)89)45-51-91(93)104-92-52-46-71(76-48-50-90-86-40-16-32-69-30-14-38-84(98(69)86)88-44-20-42-82(76)100(88)90)59-94(92)107(103-79(66-25-9-3-10-26-66)35-18-36-80(103)67-27-11-4-12-28-67)96-61-74(60-95(106)101(96)104)105-72-54-62-53-63(56-72)57-73(105)55-62/h62-103H,1-61H2/t62?,63?,68-,69?,70?,71-,72?,73?,74?,75-,76?,77-,78+,79-,80+,81?,82?,83?,84?,85-,86?,87?,88+,89?,90-,91-,92?,93?,94-,95?,96?,97?,98?,99-,100?,101?,102?,103?/m0/s1. The van der Waals surface area contributed by atoms with Gasteiger partial charge in [0.05, 0.1) is 0 Å². The lowest BCUT2D eigenvalue weighted by Gasteiger charge is -2.73. The summed E-state index contributed by atoms with van der Waals surface area (Å²) in [7, 11) is 0. The Morgan fingerprint density at radius 1 is 0.168 bits per heavy atom. The lowest BCUT2D eigenvalue weighted by Crippen LogP contribution is -2.78. The quantitative estimate of drug-likeness (QED) is 0.213. The van der Waals surface area contributed by atoms with Crippen molar-refractivity contribution in [2.75, 3.05) is 0 Å². The van der Waals surface area contributed by atoms with Crippen LogP contribution < -0.4 is 0 Å². The number of piperidine rings is 2. The van der Waals surface area contributed by atoms with E-state index < -0.39 is 0 Å². The average molecular weight is 1460 g/mol. The monoisotopic (exact) mass is 1450 g/mol. The predicted octanol–water partition coefficient (Wildman–Crippen LogP) is 26.4. The molecule has 25 aliphatic rings. The van der Waals surface area contributed by atoms with Crippen LogP contribution in [0.15, 0.2) is 0 Å². The second-order valence-corrected chi connectivity index (χ2v) is 48.2. The van der Waals surface area contributed by atoms with E-state index >= 15 is 0 Å². The van der Waals surface area contributed by atoms with Gasteiger partial charge in [0.2, 0.25) is 0 Å². The third-order valence-electron chi connectivity index (χ3n) is 45.5. The zero-order chi connectivity index (χ0) is 69.7. The maximum Gasteiger partial charge on any atom is 0.156 e. The van der Waals surface area contributed by atoms with Crippen molar-refractivity contribution in [3.05, 3.63) is 0 Å². The minimum atomic E-state index is 0.843. The number of nitrogens with zero attached hydrogens (tertiary/aromatic N) is 3. The lowest BCUT2D eigenvalue weighted by atomic mass is 9.18. The molecule has 594 valence electrons. The van der Waals surface area contributed by atoms with Crippen molar-refractivity contribution in [2.24, 2.45) is 178 Å². The van der Waals surface area contributed by atoms with E-state index in [9.17, 15) is 0 Å². The molecule has 0 spiro atoms. The highest BCUT2D eigenvalue weighted by molar-refractivity contribution is 6.65. The van der Waals surface area contributed by atoms with Crippen molar-refractivity contribution < 1.29 is 0 Å². The first kappa shape index (κ1) is 71.1. The molecule has 0 radical (unpaired) electrons. The molecule has 107 heavy (non-hydrogen) atoms. The van der Waals surface area contributed by atoms with E-state index in [-0.39, 0.29) is 0 Å². The fraction of sp³-hybridized carbons (Fsp3) is 1.00. The van der Waals surface area contributed by atoms with Crippen LogP contribution in [0.5, 0.6) is 0 Å². The van der Waals surface area contributed by atoms with Crippen molar-refractivity contribution in [1.29, 1.82) is 0 Å². The molecule has 4 aliphatic heterocycles. The number of fused-ring (bicyclic) bond motifs is 8. The Bertz CT molecular complexity index is 2750. The highest BCUT2D eigenvalue weighted by atomic mass is 15.3. The molecule has 21 unspecified atom stereocenters. The smallest absolute Gasteiger partial charge is 0.156 e. The normalized spacial score (nSPS) is 55.9. The van der Waals surface area contributed by atoms with E-state index in [4.69, 9.17) is 0 Å². The molecule has 25 rings (SSSR count). The Morgan fingerprint density at radius 2 is 0.449 bits per heavy atom. The first-order valence-electron chi connectivity index (χ1n) is 52.4. The fourth-order valence-electron chi connectivity index (χ4n) is 43.4. The van der Waals surface area contributed by atoms with Crippen LogP contribution in [0.4, 0.5) is 0 Å². The number of hydrogen-bond acceptors (Lipinski definition) is 3. The van der Waals surface area contributed by atoms with Crippen LogP contribution in [0.3, 0.4) is 0 Å². The summed E-state index contributed by atoms with van der Waals surface area (Å²) in [6.45, 7) is 1.02. The van der Waals surface area contributed by atoms with Crippen LogP contribution in [-0.4, -0.2) is 75.8 Å². The molecule has 25 fully saturated rings. The SMILES string of the molecule is C1CCC([C@H]2CCC[C@@H](C3CCCCC3)C2N2C3CC(N4C5CC6CC(C5)CC4C6)CC4C3B(C3CC[C@H](C5CC[C@H]6C7CCCC8CCCC(C87)[C@H]7CCCC5C76)C[C@@H]3N4C3[C@@H](C4CCCCC4)CCC[C@H]3C3CCCCC3)[C@H]3CCC([C@@H]4CCC5[C@@H]6CCC[C@@H]7CCCC(C76)C6CCCC4[C@@H]65)CC32)CC1. The molecule has 21 aliphatic carbocycles. The van der Waals surface area contributed by atoms with E-state index in [1.807, 2.05) is 0 Å². The predicted molar refractivity (Wildman–Crippen MR) is 443 cm³/mol. The molecule has 0 aromatic carbocycles. The highest BCUT2D eigenvalue weighted by Crippen LogP contribution is 2.73. The van der Waals surface area contributed by atoms with E-state index in [0.29, 0.717) is 0 Å². The van der Waals surface area contributed by atoms with Gasteiger partial charge in [-0.1, -0.05) is 231 Å². The third kappa shape index (κ3) is 11.8. The Balaban J connectivity index is 0.665. The molecular formula is C103H164BN3. The van der Waals surface area contributed by atoms with Crippen LogP contribution in [-0.2, 0) is 0 Å². The van der Waals surface area contributed by atoms with Gasteiger partial charge in [-0.05, 0) is 356 Å². The highest BCUT2D eigenvalue weighted by Gasteiger charge is 2.71. The molecule has 4 bridgehead atoms. The summed E-state index contributed by atoms with van der Waals surface area (Å²) >= 11 is 0. The number of rotatable bonds is 9. The molecule has 4 saturated heterocycles. The van der Waals surface area contributed by atoms with E-state index in [2.05, 4.69) is 14.7 Å². The molecule has 21 saturated carbocycles. The topological polar surface area (TPSA) is 9.72 Å². The van der Waals surface area contributed by atoms with Crippen LogP contribution in [0.25, 0.3) is 0 Å². The Kier molecular flexibility index (Phi) is 19.6. The van der Waals surface area contributed by atoms with E-state index in [1.54, 1.807) is 392 Å². The van der Waals surface area contributed by atoms with Gasteiger partial charge in [-0.25, -0.2) is 0 Å². The fourth-order valence-corrected chi connectivity index (χ4v) is 43.4. The largest absolute Gasteiger partial charge is 0.295 e. The minimum absolute atomic E-state index is 0.843. The zero-order valence-electron chi connectivity index (χ0n) is 69.3. The molecule has 0 amide bonds. The lowest BCUT2D eigenvalue weighted by molar-refractivity contribution is -0.166.